The van der Waals surface area contributed by atoms with Gasteiger partial charge >= 0.3 is 5.97 Å². The molecule has 0 amide bonds. The first-order valence-corrected chi connectivity index (χ1v) is 13.1. The molecule has 36 heavy (non-hydrogen) atoms. The number of aryl methyl sites for hydroxylation is 2. The van der Waals surface area contributed by atoms with E-state index in [1.165, 1.54) is 18.2 Å². The number of ether oxygens (including phenoxy) is 1. The molecule has 1 atom stereocenters. The second-order valence-corrected chi connectivity index (χ2v) is 11.4. The van der Waals surface area contributed by atoms with Gasteiger partial charge in [0.25, 0.3) is 10.0 Å². The molecule has 4 N–H and O–H groups in total. The lowest BCUT2D eigenvalue weighted by Gasteiger charge is -2.18. The summed E-state index contributed by atoms with van der Waals surface area (Å²) in [7, 11) is -4.17. The van der Waals surface area contributed by atoms with Gasteiger partial charge in [-0.1, -0.05) is 31.2 Å². The number of aromatic carboxylic acids is 1. The van der Waals surface area contributed by atoms with E-state index < -0.39 is 16.0 Å². The second-order valence-electron chi connectivity index (χ2n) is 9.71. The highest BCUT2D eigenvalue weighted by atomic mass is 32.2. The Morgan fingerprint density at radius 3 is 2.44 bits per heavy atom. The zero-order chi connectivity index (χ0) is 26.1. The maximum atomic E-state index is 13.1. The molecule has 0 saturated heterocycles. The number of nitrogens with two attached hydrogens (primary N) is 1. The second kappa shape index (κ2) is 9.87. The van der Waals surface area contributed by atoms with Crippen LogP contribution in [-0.4, -0.2) is 42.1 Å². The highest BCUT2D eigenvalue weighted by molar-refractivity contribution is 7.92. The molecule has 10 heteroatoms. The van der Waals surface area contributed by atoms with E-state index in [-0.39, 0.29) is 40.4 Å². The van der Waals surface area contributed by atoms with E-state index in [0.29, 0.717) is 5.69 Å². The van der Waals surface area contributed by atoms with Crippen molar-refractivity contribution >= 4 is 21.9 Å². The van der Waals surface area contributed by atoms with Crippen LogP contribution in [0.4, 0.5) is 5.95 Å². The summed E-state index contributed by atoms with van der Waals surface area (Å²) < 4.78 is 34.4. The molecule has 0 spiro atoms. The highest BCUT2D eigenvalue weighted by Gasteiger charge is 2.38. The molecule has 0 aliphatic heterocycles. The van der Waals surface area contributed by atoms with Gasteiger partial charge in [0, 0.05) is 17.7 Å². The van der Waals surface area contributed by atoms with Gasteiger partial charge in [-0.05, 0) is 67.9 Å². The molecule has 2 aromatic carbocycles. The van der Waals surface area contributed by atoms with E-state index in [0.717, 1.165) is 42.0 Å². The molecule has 1 aliphatic carbocycles. The number of hydrogen-bond donors (Lipinski definition) is 3. The number of sulfonamides is 1. The van der Waals surface area contributed by atoms with Crippen LogP contribution in [0, 0.1) is 19.3 Å². The lowest BCUT2D eigenvalue weighted by molar-refractivity contribution is 0.0696. The molecule has 0 unspecified atom stereocenters. The van der Waals surface area contributed by atoms with E-state index in [2.05, 4.69) is 21.6 Å². The number of carbonyl (C=O) groups is 1. The average molecular weight is 511 g/mol. The topological polar surface area (TPSA) is 144 Å². The standard InChI is InChI=1S/C26H30N4O5S/c1-16-6-4-7-17(2)23(16)21-13-22(35-15-19(27)14-26(3)10-11-26)29-25(28-21)30-36(33,34)20-9-5-8-18(12-20)24(31)32/h4-9,12-13,19H,10-11,14-15,27H2,1-3H3,(H,31,32)(H,28,29,30)/t19-/m0/s1. The number of carboxylic acid groups (broad SMARTS) is 1. The normalized spacial score (nSPS) is 15.2. The number of carboxylic acids is 1. The van der Waals surface area contributed by atoms with Gasteiger partial charge in [0.1, 0.15) is 6.61 Å². The Bertz CT molecular complexity index is 1380. The largest absolute Gasteiger partial charge is 0.478 e. The number of nitrogens with zero attached hydrogens (tertiary/aromatic N) is 2. The van der Waals surface area contributed by atoms with Crippen molar-refractivity contribution in [2.45, 2.75) is 51.0 Å². The zero-order valence-corrected chi connectivity index (χ0v) is 21.3. The number of nitrogens with one attached hydrogen (secondary N) is 1. The summed E-state index contributed by atoms with van der Waals surface area (Å²) in [6.45, 7) is 6.31. The predicted octanol–water partition coefficient (Wildman–Crippen LogP) is 4.16. The summed E-state index contributed by atoms with van der Waals surface area (Å²) in [5.74, 6) is -1.22. The minimum absolute atomic E-state index is 0.148. The Balaban J connectivity index is 1.67. The summed E-state index contributed by atoms with van der Waals surface area (Å²) in [5, 5.41) is 9.23. The third kappa shape index (κ3) is 6.00. The van der Waals surface area contributed by atoms with Gasteiger partial charge in [-0.15, -0.1) is 0 Å². The minimum atomic E-state index is -4.17. The van der Waals surface area contributed by atoms with Crippen LogP contribution in [0.2, 0.25) is 0 Å². The van der Waals surface area contributed by atoms with Gasteiger partial charge in [0.2, 0.25) is 11.8 Å². The molecule has 190 valence electrons. The van der Waals surface area contributed by atoms with Crippen LogP contribution in [0.5, 0.6) is 5.88 Å². The molecular weight excluding hydrogens is 480 g/mol. The van der Waals surface area contributed by atoms with Crippen LogP contribution < -0.4 is 15.2 Å². The summed E-state index contributed by atoms with van der Waals surface area (Å²) in [4.78, 5) is 19.8. The molecule has 1 heterocycles. The lowest BCUT2D eigenvalue weighted by Crippen LogP contribution is -2.30. The first kappa shape index (κ1) is 25.6. The first-order chi connectivity index (χ1) is 17.0. The Labute approximate surface area is 210 Å². The zero-order valence-electron chi connectivity index (χ0n) is 20.5. The molecule has 1 saturated carbocycles. The Kier molecular flexibility index (Phi) is 7.01. The van der Waals surface area contributed by atoms with Gasteiger partial charge in [0.05, 0.1) is 16.2 Å². The van der Waals surface area contributed by atoms with Crippen molar-refractivity contribution in [2.24, 2.45) is 11.1 Å². The van der Waals surface area contributed by atoms with Crippen molar-refractivity contribution in [3.05, 3.63) is 65.2 Å². The Hall–Kier alpha value is -3.50. The fourth-order valence-corrected chi connectivity index (χ4v) is 5.16. The van der Waals surface area contributed by atoms with Crippen molar-refractivity contribution in [2.75, 3.05) is 11.3 Å². The quantitative estimate of drug-likeness (QED) is 0.369. The highest BCUT2D eigenvalue weighted by Crippen LogP contribution is 2.48. The lowest BCUT2D eigenvalue weighted by atomic mass is 10.00. The number of rotatable bonds is 10. The van der Waals surface area contributed by atoms with E-state index in [1.807, 2.05) is 32.0 Å². The molecule has 1 aromatic heterocycles. The van der Waals surface area contributed by atoms with Crippen LogP contribution in [0.15, 0.2) is 53.4 Å². The maximum absolute atomic E-state index is 13.1. The van der Waals surface area contributed by atoms with Crippen molar-refractivity contribution in [1.29, 1.82) is 0 Å². The van der Waals surface area contributed by atoms with Gasteiger partial charge in [-0.2, -0.15) is 4.98 Å². The van der Waals surface area contributed by atoms with Crippen molar-refractivity contribution < 1.29 is 23.1 Å². The third-order valence-corrected chi connectivity index (χ3v) is 7.69. The molecule has 1 aliphatic rings. The predicted molar refractivity (Wildman–Crippen MR) is 137 cm³/mol. The van der Waals surface area contributed by atoms with Crippen molar-refractivity contribution in [3.8, 4) is 17.1 Å². The van der Waals surface area contributed by atoms with E-state index in [9.17, 15) is 18.3 Å². The van der Waals surface area contributed by atoms with Crippen molar-refractivity contribution in [3.63, 3.8) is 0 Å². The summed E-state index contributed by atoms with van der Waals surface area (Å²) in [6, 6.07) is 12.4. The van der Waals surface area contributed by atoms with E-state index in [4.69, 9.17) is 10.5 Å². The van der Waals surface area contributed by atoms with Crippen LogP contribution in [0.3, 0.4) is 0 Å². The molecule has 0 radical (unpaired) electrons. The summed E-state index contributed by atoms with van der Waals surface area (Å²) in [5.41, 5.74) is 9.65. The van der Waals surface area contributed by atoms with Gasteiger partial charge < -0.3 is 15.6 Å². The van der Waals surface area contributed by atoms with E-state index >= 15 is 0 Å². The first-order valence-electron chi connectivity index (χ1n) is 11.7. The maximum Gasteiger partial charge on any atom is 0.335 e. The molecule has 4 rings (SSSR count). The fraction of sp³-hybridized carbons (Fsp3) is 0.346. The number of benzene rings is 2. The number of anilines is 1. The smallest absolute Gasteiger partial charge is 0.335 e. The van der Waals surface area contributed by atoms with Gasteiger partial charge in [0.15, 0.2) is 0 Å². The minimum Gasteiger partial charge on any atom is -0.478 e. The van der Waals surface area contributed by atoms with Crippen molar-refractivity contribution in [1.82, 2.24) is 9.97 Å². The van der Waals surface area contributed by atoms with Gasteiger partial charge in [-0.3, -0.25) is 0 Å². The van der Waals surface area contributed by atoms with Crippen LogP contribution in [0.25, 0.3) is 11.3 Å². The average Bonchev–Trinajstić information content (AvgIpc) is 3.53. The third-order valence-electron chi connectivity index (χ3n) is 6.36. The monoisotopic (exact) mass is 510 g/mol. The fourth-order valence-electron chi connectivity index (χ4n) is 4.17. The SMILES string of the molecule is Cc1cccc(C)c1-c1cc(OC[C@@H](N)CC2(C)CC2)nc(NS(=O)(=O)c2cccc(C(=O)O)c2)n1. The molecule has 0 bridgehead atoms. The summed E-state index contributed by atoms with van der Waals surface area (Å²) >= 11 is 0. The Morgan fingerprint density at radius 1 is 1.14 bits per heavy atom. The summed E-state index contributed by atoms with van der Waals surface area (Å²) in [6.07, 6.45) is 3.14. The number of hydrogen-bond acceptors (Lipinski definition) is 7. The molecule has 1 fully saturated rings. The Morgan fingerprint density at radius 2 is 1.81 bits per heavy atom. The number of aromatic nitrogens is 2. The molecule has 9 nitrogen and oxygen atoms in total. The van der Waals surface area contributed by atoms with Gasteiger partial charge in [-0.25, -0.2) is 22.9 Å². The molecule has 3 aromatic rings. The molecular formula is C26H30N4O5S. The van der Waals surface area contributed by atoms with Crippen LogP contribution >= 0.6 is 0 Å². The van der Waals surface area contributed by atoms with E-state index in [1.54, 1.807) is 6.07 Å². The van der Waals surface area contributed by atoms with Crippen LogP contribution in [0.1, 0.15) is 47.7 Å². The van der Waals surface area contributed by atoms with Crippen LogP contribution in [-0.2, 0) is 10.0 Å².